The molecule has 0 amide bonds. The monoisotopic (exact) mass is 258 g/mol. The molecule has 102 valence electrons. The molecule has 1 unspecified atom stereocenters. The van der Waals surface area contributed by atoms with Crippen molar-refractivity contribution in [1.82, 2.24) is 9.55 Å². The number of aliphatic hydroxyl groups excluding tert-OH is 2. The van der Waals surface area contributed by atoms with Gasteiger partial charge in [-0.05, 0) is 13.3 Å². The molecule has 8 heteroatoms. The summed E-state index contributed by atoms with van der Waals surface area (Å²) < 4.78 is 6.59. The molecule has 0 radical (unpaired) electrons. The Kier molecular flexibility index (Phi) is 5.08. The van der Waals surface area contributed by atoms with Crippen LogP contribution in [-0.4, -0.2) is 39.1 Å². The highest BCUT2D eigenvalue weighted by atomic mass is 16.5. The molecule has 0 aliphatic heterocycles. The molecule has 0 saturated heterocycles. The van der Waals surface area contributed by atoms with E-state index in [9.17, 15) is 4.79 Å². The predicted molar refractivity (Wildman–Crippen MR) is 65.7 cm³/mol. The molecule has 8 nitrogen and oxygen atoms in total. The topological polar surface area (TPSA) is 137 Å². The normalized spacial score (nSPS) is 14.4. The number of nitrogen functional groups attached to an aromatic ring is 2. The van der Waals surface area contributed by atoms with Gasteiger partial charge in [0.1, 0.15) is 6.23 Å². The molecule has 2 atom stereocenters. The lowest BCUT2D eigenvalue weighted by Gasteiger charge is -2.21. The van der Waals surface area contributed by atoms with Crippen molar-refractivity contribution in [1.29, 1.82) is 0 Å². The zero-order valence-electron chi connectivity index (χ0n) is 10.1. The average Bonchev–Trinajstić information content (AvgIpc) is 2.33. The summed E-state index contributed by atoms with van der Waals surface area (Å²) in [4.78, 5) is 15.1. The highest BCUT2D eigenvalue weighted by molar-refractivity contribution is 5.55. The van der Waals surface area contributed by atoms with Gasteiger partial charge in [-0.15, -0.1) is 0 Å². The van der Waals surface area contributed by atoms with Gasteiger partial charge in [-0.2, -0.15) is 4.98 Å². The third-order valence-corrected chi connectivity index (χ3v) is 2.45. The van der Waals surface area contributed by atoms with Crippen LogP contribution in [0.3, 0.4) is 0 Å². The number of rotatable bonds is 6. The largest absolute Gasteiger partial charge is 0.396 e. The van der Waals surface area contributed by atoms with Crippen LogP contribution in [-0.2, 0) is 4.74 Å². The maximum Gasteiger partial charge on any atom is 0.351 e. The van der Waals surface area contributed by atoms with E-state index in [4.69, 9.17) is 26.4 Å². The molecule has 0 aliphatic rings. The molecule has 0 fully saturated rings. The van der Waals surface area contributed by atoms with Gasteiger partial charge >= 0.3 is 5.69 Å². The molecule has 1 aromatic rings. The zero-order valence-corrected chi connectivity index (χ0v) is 10.1. The van der Waals surface area contributed by atoms with Crippen molar-refractivity contribution in [2.24, 2.45) is 0 Å². The minimum absolute atomic E-state index is 0.0301. The van der Waals surface area contributed by atoms with Crippen molar-refractivity contribution in [3.05, 3.63) is 16.7 Å². The first-order valence-corrected chi connectivity index (χ1v) is 5.51. The van der Waals surface area contributed by atoms with E-state index in [1.807, 2.05) is 0 Å². The van der Waals surface area contributed by atoms with Gasteiger partial charge in [-0.1, -0.05) is 0 Å². The van der Waals surface area contributed by atoms with E-state index in [1.165, 1.54) is 10.8 Å². The van der Waals surface area contributed by atoms with E-state index in [1.54, 1.807) is 6.92 Å². The van der Waals surface area contributed by atoms with E-state index in [-0.39, 0.29) is 31.1 Å². The van der Waals surface area contributed by atoms with E-state index in [2.05, 4.69) is 4.98 Å². The Morgan fingerprint density at radius 2 is 2.17 bits per heavy atom. The number of aromatic nitrogens is 2. The SMILES string of the molecule is CC(O[C@H](CO)CCO)n1cc(N)c(N)nc1=O. The van der Waals surface area contributed by atoms with Gasteiger partial charge in [0.25, 0.3) is 0 Å². The fraction of sp³-hybridized carbons (Fsp3) is 0.600. The number of aliphatic hydroxyl groups is 2. The third-order valence-electron chi connectivity index (χ3n) is 2.45. The maximum atomic E-state index is 11.6. The first-order valence-electron chi connectivity index (χ1n) is 5.51. The quantitative estimate of drug-likeness (QED) is 0.497. The molecule has 1 rings (SSSR count). The van der Waals surface area contributed by atoms with Gasteiger partial charge in [0, 0.05) is 12.8 Å². The number of hydrogen-bond donors (Lipinski definition) is 4. The summed E-state index contributed by atoms with van der Waals surface area (Å²) in [6.07, 6.45) is 0.378. The van der Waals surface area contributed by atoms with Gasteiger partial charge in [-0.25, -0.2) is 4.79 Å². The van der Waals surface area contributed by atoms with Crippen LogP contribution in [0.5, 0.6) is 0 Å². The van der Waals surface area contributed by atoms with E-state index >= 15 is 0 Å². The second-order valence-electron chi connectivity index (χ2n) is 3.82. The van der Waals surface area contributed by atoms with Crippen LogP contribution in [0.2, 0.25) is 0 Å². The molecular formula is C10H18N4O4. The van der Waals surface area contributed by atoms with Crippen LogP contribution in [0.4, 0.5) is 11.5 Å². The van der Waals surface area contributed by atoms with Crippen LogP contribution in [0.25, 0.3) is 0 Å². The van der Waals surface area contributed by atoms with E-state index in [0.29, 0.717) is 0 Å². The van der Waals surface area contributed by atoms with Crippen molar-refractivity contribution in [3.8, 4) is 0 Å². The van der Waals surface area contributed by atoms with Gasteiger partial charge in [0.15, 0.2) is 5.82 Å². The number of hydrogen-bond acceptors (Lipinski definition) is 7. The fourth-order valence-electron chi connectivity index (χ4n) is 1.45. The van der Waals surface area contributed by atoms with Crippen LogP contribution < -0.4 is 17.2 Å². The van der Waals surface area contributed by atoms with Crippen LogP contribution >= 0.6 is 0 Å². The number of anilines is 2. The standard InChI is InChI=1S/C10H18N4O4/c1-6(18-7(5-16)2-3-15)14-4-8(11)9(12)13-10(14)17/h4,6-7,15-16H,2-3,5,11H2,1H3,(H2,12,13,17)/t6?,7-/m0/s1. The molecule has 1 aromatic heterocycles. The highest BCUT2D eigenvalue weighted by Gasteiger charge is 2.15. The number of nitrogens with zero attached hydrogens (tertiary/aromatic N) is 2. The number of ether oxygens (including phenoxy) is 1. The summed E-state index contributed by atoms with van der Waals surface area (Å²) in [5, 5.41) is 17.8. The Morgan fingerprint density at radius 1 is 1.50 bits per heavy atom. The summed E-state index contributed by atoms with van der Waals surface area (Å²) in [5.41, 5.74) is 10.5. The Bertz CT molecular complexity index is 448. The lowest BCUT2D eigenvalue weighted by atomic mass is 10.3. The molecule has 1 heterocycles. The molecule has 0 aromatic carbocycles. The predicted octanol–water partition coefficient (Wildman–Crippen LogP) is -1.31. The molecule has 0 aliphatic carbocycles. The smallest absolute Gasteiger partial charge is 0.351 e. The van der Waals surface area contributed by atoms with E-state index < -0.39 is 18.0 Å². The van der Waals surface area contributed by atoms with Crippen molar-refractivity contribution in [2.75, 3.05) is 24.7 Å². The Balaban J connectivity index is 2.87. The molecule has 6 N–H and O–H groups in total. The van der Waals surface area contributed by atoms with E-state index in [0.717, 1.165) is 0 Å². The number of nitrogens with two attached hydrogens (primary N) is 2. The summed E-state index contributed by atoms with van der Waals surface area (Å²) in [6.45, 7) is 1.24. The lowest BCUT2D eigenvalue weighted by molar-refractivity contribution is -0.0748. The Morgan fingerprint density at radius 3 is 2.72 bits per heavy atom. The molecule has 0 saturated carbocycles. The Labute approximate surface area is 104 Å². The Hall–Kier alpha value is -1.64. The fourth-order valence-corrected chi connectivity index (χ4v) is 1.45. The molecule has 0 bridgehead atoms. The summed E-state index contributed by atoms with van der Waals surface area (Å²) in [6, 6.07) is 0. The van der Waals surface area contributed by atoms with Crippen LogP contribution in [0.15, 0.2) is 11.0 Å². The van der Waals surface area contributed by atoms with Gasteiger partial charge in [0.2, 0.25) is 0 Å². The maximum absolute atomic E-state index is 11.6. The first-order chi connectivity index (χ1) is 8.49. The second kappa shape index (κ2) is 6.34. The minimum atomic E-state index is -0.670. The molecular weight excluding hydrogens is 240 g/mol. The summed E-state index contributed by atoms with van der Waals surface area (Å²) in [7, 11) is 0. The van der Waals surface area contributed by atoms with Crippen molar-refractivity contribution in [2.45, 2.75) is 25.7 Å². The summed E-state index contributed by atoms with van der Waals surface area (Å²) in [5.74, 6) is -0.0301. The zero-order chi connectivity index (χ0) is 13.7. The van der Waals surface area contributed by atoms with Crippen molar-refractivity contribution < 1.29 is 14.9 Å². The van der Waals surface area contributed by atoms with Gasteiger partial charge < -0.3 is 26.4 Å². The second-order valence-corrected chi connectivity index (χ2v) is 3.82. The van der Waals surface area contributed by atoms with Gasteiger partial charge in [-0.3, -0.25) is 4.57 Å². The van der Waals surface area contributed by atoms with Crippen LogP contribution in [0, 0.1) is 0 Å². The first kappa shape index (κ1) is 14.4. The van der Waals surface area contributed by atoms with Gasteiger partial charge in [0.05, 0.1) is 18.4 Å². The highest BCUT2D eigenvalue weighted by Crippen LogP contribution is 2.14. The lowest BCUT2D eigenvalue weighted by Crippen LogP contribution is -2.31. The molecule has 18 heavy (non-hydrogen) atoms. The van der Waals surface area contributed by atoms with Crippen molar-refractivity contribution >= 4 is 11.5 Å². The third kappa shape index (κ3) is 3.42. The van der Waals surface area contributed by atoms with Crippen LogP contribution in [0.1, 0.15) is 19.6 Å². The van der Waals surface area contributed by atoms with Crippen molar-refractivity contribution in [3.63, 3.8) is 0 Å². The minimum Gasteiger partial charge on any atom is -0.396 e. The molecule has 0 spiro atoms. The summed E-state index contributed by atoms with van der Waals surface area (Å²) >= 11 is 0. The average molecular weight is 258 g/mol.